The molecule has 1 fully saturated rings. The van der Waals surface area contributed by atoms with Crippen molar-refractivity contribution >= 4 is 17.5 Å². The number of nitrogens with zero attached hydrogens (tertiary/aromatic N) is 2. The molecule has 0 bridgehead atoms. The number of primary amides is 1. The Bertz CT molecular complexity index is 499. The maximum absolute atomic E-state index is 13.8. The summed E-state index contributed by atoms with van der Waals surface area (Å²) in [6, 6.07) is -0.211. The molecule has 1 saturated heterocycles. The van der Waals surface area contributed by atoms with Crippen molar-refractivity contribution in [3.63, 3.8) is 0 Å². The van der Waals surface area contributed by atoms with Crippen molar-refractivity contribution in [1.82, 2.24) is 4.98 Å². The van der Waals surface area contributed by atoms with Gasteiger partial charge in [-0.05, 0) is 0 Å². The molecule has 1 atom stereocenters. The number of ether oxygens (including phenoxy) is 1. The average Bonchev–Trinajstić information content (AvgIpc) is 2.39. The zero-order valence-corrected chi connectivity index (χ0v) is 9.90. The Morgan fingerprint density at radius 3 is 2.89 bits per heavy atom. The zero-order chi connectivity index (χ0) is 14.0. The van der Waals surface area contributed by atoms with Crippen LogP contribution in [-0.2, 0) is 9.53 Å². The van der Waals surface area contributed by atoms with Gasteiger partial charge in [0, 0.05) is 12.6 Å². The molecule has 2 heterocycles. The number of carbonyl (C=O) groups excluding carboxylic acids is 1. The molecule has 104 valence electrons. The first-order valence-electron chi connectivity index (χ1n) is 5.51. The third-order valence-corrected chi connectivity index (χ3v) is 2.78. The van der Waals surface area contributed by atoms with Gasteiger partial charge in [0.1, 0.15) is 6.04 Å². The Morgan fingerprint density at radius 1 is 1.53 bits per heavy atom. The van der Waals surface area contributed by atoms with E-state index >= 15 is 0 Å². The summed E-state index contributed by atoms with van der Waals surface area (Å²) in [5.41, 5.74) is 7.24. The second-order valence-electron chi connectivity index (χ2n) is 3.96. The van der Waals surface area contributed by atoms with Gasteiger partial charge in [0.15, 0.2) is 23.3 Å². The summed E-state index contributed by atoms with van der Waals surface area (Å²) in [5.74, 6) is 2.08. The van der Waals surface area contributed by atoms with Crippen molar-refractivity contribution in [2.75, 3.05) is 30.1 Å². The van der Waals surface area contributed by atoms with Crippen LogP contribution >= 0.6 is 0 Å². The lowest BCUT2D eigenvalue weighted by Gasteiger charge is -2.34. The van der Waals surface area contributed by atoms with E-state index in [0.29, 0.717) is 6.07 Å². The van der Waals surface area contributed by atoms with Gasteiger partial charge in [-0.2, -0.15) is 0 Å². The van der Waals surface area contributed by atoms with Crippen LogP contribution in [0.15, 0.2) is 6.07 Å². The molecule has 0 aromatic carbocycles. The Balaban J connectivity index is 2.41. The normalized spacial score (nSPS) is 19.3. The monoisotopic (exact) mass is 273 g/mol. The maximum atomic E-state index is 13.8. The van der Waals surface area contributed by atoms with E-state index < -0.39 is 23.6 Å². The Hall–Kier alpha value is -2.00. The van der Waals surface area contributed by atoms with Crippen LogP contribution in [0.4, 0.5) is 20.4 Å². The van der Waals surface area contributed by atoms with Gasteiger partial charge in [0.2, 0.25) is 5.91 Å². The second kappa shape index (κ2) is 5.33. The number of nitrogens with one attached hydrogen (secondary N) is 1. The van der Waals surface area contributed by atoms with Gasteiger partial charge < -0.3 is 20.8 Å². The molecular formula is C10H13F2N5O2. The number of carbonyl (C=O) groups is 1. The topological polar surface area (TPSA) is 106 Å². The number of nitrogens with two attached hydrogens (primary N) is 2. The van der Waals surface area contributed by atoms with Crippen LogP contribution in [0.3, 0.4) is 0 Å². The van der Waals surface area contributed by atoms with Crippen LogP contribution in [0, 0.1) is 11.6 Å². The first-order valence-corrected chi connectivity index (χ1v) is 5.51. The number of halogens is 2. The molecule has 1 aliphatic rings. The molecule has 1 aromatic rings. The van der Waals surface area contributed by atoms with E-state index in [1.54, 1.807) is 0 Å². The molecule has 1 amide bonds. The first-order chi connectivity index (χ1) is 9.04. The fraction of sp³-hybridized carbons (Fsp3) is 0.400. The zero-order valence-electron chi connectivity index (χ0n) is 9.90. The van der Waals surface area contributed by atoms with E-state index in [0.717, 1.165) is 0 Å². The molecule has 0 aliphatic carbocycles. The SMILES string of the molecule is NNc1nc(N2CCOCC2C(N)=O)c(F)cc1F. The summed E-state index contributed by atoms with van der Waals surface area (Å²) in [6.07, 6.45) is 0. The highest BCUT2D eigenvalue weighted by atomic mass is 19.1. The summed E-state index contributed by atoms with van der Waals surface area (Å²) in [6.45, 7) is 0.528. The van der Waals surface area contributed by atoms with E-state index in [4.69, 9.17) is 16.3 Å². The minimum atomic E-state index is -0.923. The van der Waals surface area contributed by atoms with Gasteiger partial charge in [-0.3, -0.25) is 4.79 Å². The summed E-state index contributed by atoms with van der Waals surface area (Å²) < 4.78 is 32.2. The molecular weight excluding hydrogens is 260 g/mol. The number of nitrogen functional groups attached to an aromatic ring is 1. The number of pyridine rings is 1. The minimum absolute atomic E-state index is 0.0270. The van der Waals surface area contributed by atoms with Gasteiger partial charge in [0.05, 0.1) is 13.2 Å². The van der Waals surface area contributed by atoms with Crippen LogP contribution in [0.25, 0.3) is 0 Å². The van der Waals surface area contributed by atoms with Crippen molar-refractivity contribution < 1.29 is 18.3 Å². The van der Waals surface area contributed by atoms with Crippen LogP contribution in [0.2, 0.25) is 0 Å². The molecule has 0 radical (unpaired) electrons. The minimum Gasteiger partial charge on any atom is -0.377 e. The first kappa shape index (κ1) is 13.4. The average molecular weight is 273 g/mol. The Labute approximate surface area is 107 Å². The highest BCUT2D eigenvalue weighted by Gasteiger charge is 2.31. The standard InChI is InChI=1S/C10H13F2N5O2/c11-5-3-6(12)10(15-9(5)16-14)17-1-2-19-4-7(17)8(13)18/h3,7H,1-2,4,14H2,(H2,13,18)(H,15,16). The molecule has 7 nitrogen and oxygen atoms in total. The van der Waals surface area contributed by atoms with Crippen molar-refractivity contribution in [1.29, 1.82) is 0 Å². The summed E-state index contributed by atoms with van der Waals surface area (Å²) in [7, 11) is 0. The predicted molar refractivity (Wildman–Crippen MR) is 63.1 cm³/mol. The number of hydrazine groups is 1. The number of hydrogen-bond acceptors (Lipinski definition) is 6. The van der Waals surface area contributed by atoms with E-state index in [1.807, 2.05) is 5.43 Å². The van der Waals surface area contributed by atoms with Gasteiger partial charge in [0.25, 0.3) is 0 Å². The van der Waals surface area contributed by atoms with E-state index in [2.05, 4.69) is 4.98 Å². The highest BCUT2D eigenvalue weighted by Crippen LogP contribution is 2.24. The van der Waals surface area contributed by atoms with Crippen molar-refractivity contribution in [2.24, 2.45) is 11.6 Å². The van der Waals surface area contributed by atoms with Crippen molar-refractivity contribution in [3.05, 3.63) is 17.7 Å². The molecule has 1 aromatic heterocycles. The molecule has 1 aliphatic heterocycles. The number of hydrogen-bond donors (Lipinski definition) is 3. The highest BCUT2D eigenvalue weighted by molar-refractivity contribution is 5.83. The van der Waals surface area contributed by atoms with Crippen LogP contribution < -0.4 is 21.9 Å². The molecule has 0 saturated carbocycles. The summed E-state index contributed by atoms with van der Waals surface area (Å²) in [5, 5.41) is 0. The van der Waals surface area contributed by atoms with E-state index in [9.17, 15) is 13.6 Å². The maximum Gasteiger partial charge on any atom is 0.242 e. The van der Waals surface area contributed by atoms with Crippen molar-refractivity contribution in [3.8, 4) is 0 Å². The smallest absolute Gasteiger partial charge is 0.242 e. The third-order valence-electron chi connectivity index (χ3n) is 2.78. The summed E-state index contributed by atoms with van der Waals surface area (Å²) in [4.78, 5) is 16.4. The lowest BCUT2D eigenvalue weighted by molar-refractivity contribution is -0.121. The molecule has 5 N–H and O–H groups in total. The fourth-order valence-corrected chi connectivity index (χ4v) is 1.85. The van der Waals surface area contributed by atoms with Gasteiger partial charge in [-0.25, -0.2) is 19.6 Å². The molecule has 1 unspecified atom stereocenters. The molecule has 9 heteroatoms. The van der Waals surface area contributed by atoms with Gasteiger partial charge >= 0.3 is 0 Å². The summed E-state index contributed by atoms with van der Waals surface area (Å²) >= 11 is 0. The molecule has 19 heavy (non-hydrogen) atoms. The van der Waals surface area contributed by atoms with Crippen LogP contribution in [0.1, 0.15) is 0 Å². The quantitative estimate of drug-likeness (QED) is 0.498. The number of rotatable bonds is 3. The second-order valence-corrected chi connectivity index (χ2v) is 3.96. The number of morpholine rings is 1. The number of amides is 1. The largest absolute Gasteiger partial charge is 0.377 e. The number of anilines is 2. The fourth-order valence-electron chi connectivity index (χ4n) is 1.85. The molecule has 2 rings (SSSR count). The van der Waals surface area contributed by atoms with Gasteiger partial charge in [-0.15, -0.1) is 0 Å². The lowest BCUT2D eigenvalue weighted by atomic mass is 10.2. The Kier molecular flexibility index (Phi) is 3.76. The number of aromatic nitrogens is 1. The predicted octanol–water partition coefficient (Wildman–Crippen LogP) is -0.664. The van der Waals surface area contributed by atoms with Crippen LogP contribution in [0.5, 0.6) is 0 Å². The van der Waals surface area contributed by atoms with E-state index in [-0.39, 0.29) is 31.4 Å². The molecule has 0 spiro atoms. The van der Waals surface area contributed by atoms with E-state index in [1.165, 1.54) is 4.90 Å². The van der Waals surface area contributed by atoms with Crippen molar-refractivity contribution in [2.45, 2.75) is 6.04 Å². The lowest BCUT2D eigenvalue weighted by Crippen LogP contribution is -2.53. The third kappa shape index (κ3) is 2.56. The van der Waals surface area contributed by atoms with Crippen LogP contribution in [-0.4, -0.2) is 36.7 Å². The van der Waals surface area contributed by atoms with Gasteiger partial charge in [-0.1, -0.05) is 0 Å². The Morgan fingerprint density at radius 2 is 2.26 bits per heavy atom.